The summed E-state index contributed by atoms with van der Waals surface area (Å²) in [4.78, 5) is 2.35. The van der Waals surface area contributed by atoms with Crippen LogP contribution in [0, 0.1) is 13.0 Å². The Balaban J connectivity index is 1.96. The summed E-state index contributed by atoms with van der Waals surface area (Å²) in [5, 5.41) is 8.90. The number of nitrogens with zero attached hydrogens (tertiary/aromatic N) is 1. The van der Waals surface area contributed by atoms with Crippen LogP contribution >= 0.6 is 0 Å². The van der Waals surface area contributed by atoms with E-state index in [0.717, 1.165) is 19.6 Å². The molecule has 0 spiro atoms. The van der Waals surface area contributed by atoms with Crippen molar-refractivity contribution in [3.63, 3.8) is 0 Å². The van der Waals surface area contributed by atoms with Crippen LogP contribution in [0.25, 0.3) is 0 Å². The van der Waals surface area contributed by atoms with E-state index in [1.165, 1.54) is 24.0 Å². The van der Waals surface area contributed by atoms with E-state index < -0.39 is 0 Å². The van der Waals surface area contributed by atoms with E-state index in [4.69, 9.17) is 5.11 Å². The largest absolute Gasteiger partial charge is 0.395 e. The molecule has 1 aliphatic heterocycles. The summed E-state index contributed by atoms with van der Waals surface area (Å²) in [6.07, 6.45) is 2.43. The minimum atomic E-state index is 0.282. The smallest absolute Gasteiger partial charge is 0.0558 e. The Morgan fingerprint density at radius 3 is 2.81 bits per heavy atom. The molecule has 1 radical (unpaired) electrons. The molecule has 2 nitrogen and oxygen atoms in total. The van der Waals surface area contributed by atoms with Crippen LogP contribution in [0.2, 0.25) is 0 Å². The normalized spacial score (nSPS) is 18.9. The molecule has 1 N–H and O–H groups in total. The summed E-state index contributed by atoms with van der Waals surface area (Å²) < 4.78 is 0. The third kappa shape index (κ3) is 2.63. The first-order valence-electron chi connectivity index (χ1n) is 6.11. The molecule has 1 aromatic carbocycles. The van der Waals surface area contributed by atoms with Gasteiger partial charge in [-0.2, -0.15) is 0 Å². The van der Waals surface area contributed by atoms with Crippen molar-refractivity contribution in [2.75, 3.05) is 26.2 Å². The van der Waals surface area contributed by atoms with Crippen molar-refractivity contribution in [1.82, 2.24) is 4.90 Å². The molecule has 1 heterocycles. The van der Waals surface area contributed by atoms with E-state index >= 15 is 0 Å². The molecular formula is C14H20NO. The number of hydrogen-bond acceptors (Lipinski definition) is 2. The fourth-order valence-corrected chi connectivity index (χ4v) is 2.59. The number of rotatable bonds is 3. The number of β-amino-alcohol motifs (C(OH)–C–C–N with tert-alkyl or cyclic N) is 1. The number of aliphatic hydroxyl groups excluding tert-OH is 1. The number of aryl methyl sites for hydroxylation is 1. The quantitative estimate of drug-likeness (QED) is 0.838. The molecule has 0 amide bonds. The fraction of sp³-hybridized carbons (Fsp3) is 0.571. The van der Waals surface area contributed by atoms with Crippen LogP contribution in [0.3, 0.4) is 0 Å². The lowest BCUT2D eigenvalue weighted by Gasteiger charge is -2.32. The predicted octanol–water partition coefficient (Wildman–Crippen LogP) is 1.97. The second-order valence-corrected chi connectivity index (χ2v) is 4.62. The van der Waals surface area contributed by atoms with Gasteiger partial charge in [-0.05, 0) is 56.0 Å². The van der Waals surface area contributed by atoms with Gasteiger partial charge in [-0.3, -0.25) is 0 Å². The van der Waals surface area contributed by atoms with Gasteiger partial charge in [0.2, 0.25) is 0 Å². The minimum Gasteiger partial charge on any atom is -0.395 e. The number of likely N-dealkylation sites (tertiary alicyclic amines) is 1. The Morgan fingerprint density at radius 1 is 1.44 bits per heavy atom. The maximum absolute atomic E-state index is 8.90. The van der Waals surface area contributed by atoms with E-state index in [-0.39, 0.29) is 6.61 Å². The van der Waals surface area contributed by atoms with Gasteiger partial charge < -0.3 is 10.0 Å². The summed E-state index contributed by atoms with van der Waals surface area (Å²) in [6.45, 7) is 5.51. The van der Waals surface area contributed by atoms with Crippen molar-refractivity contribution in [3.8, 4) is 0 Å². The molecule has 0 saturated carbocycles. The Morgan fingerprint density at radius 2 is 2.19 bits per heavy atom. The van der Waals surface area contributed by atoms with Crippen molar-refractivity contribution in [2.45, 2.75) is 25.7 Å². The first-order valence-corrected chi connectivity index (χ1v) is 6.11. The Bertz CT molecular complexity index is 329. The van der Waals surface area contributed by atoms with E-state index in [0.29, 0.717) is 5.92 Å². The van der Waals surface area contributed by atoms with Crippen molar-refractivity contribution in [2.24, 2.45) is 0 Å². The molecule has 1 aromatic rings. The van der Waals surface area contributed by atoms with Crippen LogP contribution in [0.4, 0.5) is 0 Å². The molecule has 0 aromatic heterocycles. The molecular weight excluding hydrogens is 198 g/mol. The zero-order chi connectivity index (χ0) is 11.4. The van der Waals surface area contributed by atoms with Gasteiger partial charge in [0.25, 0.3) is 0 Å². The van der Waals surface area contributed by atoms with Crippen LogP contribution in [0.15, 0.2) is 18.2 Å². The van der Waals surface area contributed by atoms with Crippen LogP contribution in [-0.4, -0.2) is 36.2 Å². The Kier molecular flexibility index (Phi) is 3.97. The van der Waals surface area contributed by atoms with Gasteiger partial charge in [0.05, 0.1) is 6.61 Å². The molecule has 87 valence electrons. The number of piperidine rings is 1. The summed E-state index contributed by atoms with van der Waals surface area (Å²) in [5.74, 6) is 0.699. The van der Waals surface area contributed by atoms with Gasteiger partial charge in [0, 0.05) is 6.54 Å². The van der Waals surface area contributed by atoms with Gasteiger partial charge in [0.1, 0.15) is 0 Å². The second kappa shape index (κ2) is 5.46. The molecule has 0 atom stereocenters. The molecule has 1 saturated heterocycles. The second-order valence-electron chi connectivity index (χ2n) is 4.62. The summed E-state index contributed by atoms with van der Waals surface area (Å²) >= 11 is 0. The van der Waals surface area contributed by atoms with Crippen molar-refractivity contribution >= 4 is 0 Å². The van der Waals surface area contributed by atoms with Gasteiger partial charge in [-0.15, -0.1) is 0 Å². The third-order valence-electron chi connectivity index (χ3n) is 3.56. The molecule has 2 heteroatoms. The van der Waals surface area contributed by atoms with Crippen LogP contribution in [0.1, 0.15) is 29.9 Å². The number of aliphatic hydroxyl groups is 1. The van der Waals surface area contributed by atoms with E-state index in [9.17, 15) is 0 Å². The van der Waals surface area contributed by atoms with Crippen molar-refractivity contribution < 1.29 is 5.11 Å². The molecule has 1 fully saturated rings. The first kappa shape index (κ1) is 11.6. The van der Waals surface area contributed by atoms with Crippen molar-refractivity contribution in [3.05, 3.63) is 35.4 Å². The highest BCUT2D eigenvalue weighted by Gasteiger charge is 2.20. The van der Waals surface area contributed by atoms with Gasteiger partial charge in [-0.1, -0.05) is 18.2 Å². The van der Waals surface area contributed by atoms with E-state index in [1.54, 1.807) is 0 Å². The number of benzene rings is 1. The zero-order valence-electron chi connectivity index (χ0n) is 9.95. The minimum absolute atomic E-state index is 0.282. The van der Waals surface area contributed by atoms with Crippen molar-refractivity contribution in [1.29, 1.82) is 0 Å². The highest BCUT2D eigenvalue weighted by Crippen LogP contribution is 2.29. The average molecular weight is 218 g/mol. The first-order chi connectivity index (χ1) is 7.81. The maximum atomic E-state index is 8.90. The highest BCUT2D eigenvalue weighted by atomic mass is 16.3. The van der Waals surface area contributed by atoms with Gasteiger partial charge >= 0.3 is 0 Å². The average Bonchev–Trinajstić information content (AvgIpc) is 2.31. The zero-order valence-corrected chi connectivity index (χ0v) is 9.95. The Hall–Kier alpha value is -0.860. The molecule has 2 rings (SSSR count). The standard InChI is InChI=1S/C14H20NO/c1-12-4-2-3-5-14(12)13-6-8-15(9-7-13)10-11-16/h3-5,13,16H,6-11H2,1H3. The maximum Gasteiger partial charge on any atom is 0.0558 e. The van der Waals surface area contributed by atoms with Crippen LogP contribution in [0.5, 0.6) is 0 Å². The topological polar surface area (TPSA) is 23.5 Å². The molecule has 0 bridgehead atoms. The van der Waals surface area contributed by atoms with E-state index in [1.807, 2.05) is 6.07 Å². The molecule has 0 unspecified atom stereocenters. The van der Waals surface area contributed by atoms with Crippen LogP contribution in [-0.2, 0) is 0 Å². The van der Waals surface area contributed by atoms with E-state index in [2.05, 4.69) is 30.0 Å². The lowest BCUT2D eigenvalue weighted by Crippen LogP contribution is -2.35. The summed E-state index contributed by atoms with van der Waals surface area (Å²) in [6, 6.07) is 9.43. The summed E-state index contributed by atoms with van der Waals surface area (Å²) in [5.41, 5.74) is 2.85. The lowest BCUT2D eigenvalue weighted by molar-refractivity contribution is 0.164. The third-order valence-corrected chi connectivity index (χ3v) is 3.56. The SMILES string of the molecule is Cc1c[c]ccc1C1CCN(CCO)CC1. The molecule has 16 heavy (non-hydrogen) atoms. The number of hydrogen-bond donors (Lipinski definition) is 1. The fourth-order valence-electron chi connectivity index (χ4n) is 2.59. The van der Waals surface area contributed by atoms with Gasteiger partial charge in [0.15, 0.2) is 0 Å². The van der Waals surface area contributed by atoms with Crippen LogP contribution < -0.4 is 0 Å². The molecule has 1 aliphatic rings. The highest BCUT2D eigenvalue weighted by molar-refractivity contribution is 5.28. The Labute approximate surface area is 97.9 Å². The molecule has 0 aliphatic carbocycles. The van der Waals surface area contributed by atoms with Gasteiger partial charge in [-0.25, -0.2) is 0 Å². The summed E-state index contributed by atoms with van der Waals surface area (Å²) in [7, 11) is 0. The monoisotopic (exact) mass is 218 g/mol. The lowest BCUT2D eigenvalue weighted by atomic mass is 9.87. The predicted molar refractivity (Wildman–Crippen MR) is 65.5 cm³/mol.